The Kier molecular flexibility index (Phi) is 4.00. The lowest BCUT2D eigenvalue weighted by molar-refractivity contribution is 0.363. The molecule has 9 heteroatoms. The topological polar surface area (TPSA) is 99.1 Å². The molecule has 2 heterocycles. The van der Waals surface area contributed by atoms with Gasteiger partial charge in [-0.2, -0.15) is 0 Å². The van der Waals surface area contributed by atoms with Crippen molar-refractivity contribution < 1.29 is 12.9 Å². The summed E-state index contributed by atoms with van der Waals surface area (Å²) in [5, 5.41) is 4.03. The summed E-state index contributed by atoms with van der Waals surface area (Å²) in [6.07, 6.45) is 4.79. The molecule has 1 aliphatic carbocycles. The van der Waals surface area contributed by atoms with Crippen molar-refractivity contribution >= 4 is 21.1 Å². The maximum absolute atomic E-state index is 12.7. The first-order valence-electron chi connectivity index (χ1n) is 8.47. The Hall–Kier alpha value is -2.39. The van der Waals surface area contributed by atoms with Crippen molar-refractivity contribution in [3.8, 4) is 0 Å². The van der Waals surface area contributed by atoms with Gasteiger partial charge in [0.15, 0.2) is 0 Å². The minimum absolute atomic E-state index is 0.118. The van der Waals surface area contributed by atoms with Gasteiger partial charge in [-0.25, -0.2) is 17.9 Å². The zero-order valence-electron chi connectivity index (χ0n) is 14.6. The van der Waals surface area contributed by atoms with Crippen LogP contribution >= 0.6 is 0 Å². The highest BCUT2D eigenvalue weighted by Crippen LogP contribution is 2.37. The van der Waals surface area contributed by atoms with E-state index in [-0.39, 0.29) is 17.1 Å². The molecule has 1 aliphatic rings. The molecule has 0 unspecified atom stereocenters. The van der Waals surface area contributed by atoms with Crippen LogP contribution in [0.25, 0.3) is 11.0 Å². The molecule has 1 fully saturated rings. The summed E-state index contributed by atoms with van der Waals surface area (Å²) in [4.78, 5) is 12.1. The molecule has 0 aliphatic heterocycles. The summed E-state index contributed by atoms with van der Waals surface area (Å²) in [5.74, 6) is 0.364. The molecule has 1 aromatic carbocycles. The van der Waals surface area contributed by atoms with Crippen molar-refractivity contribution in [3.05, 3.63) is 46.2 Å². The van der Waals surface area contributed by atoms with Gasteiger partial charge in [-0.1, -0.05) is 11.6 Å². The number of hydrogen-bond donors (Lipinski definition) is 1. The van der Waals surface area contributed by atoms with Crippen molar-refractivity contribution in [2.45, 2.75) is 36.6 Å². The highest BCUT2D eigenvalue weighted by molar-refractivity contribution is 7.89. The van der Waals surface area contributed by atoms with E-state index in [1.807, 2.05) is 0 Å². The van der Waals surface area contributed by atoms with Crippen LogP contribution in [0.15, 0.2) is 38.7 Å². The SMILES string of the molecule is Cn1c(=O)n(C)c2cc(S(=O)(=O)NCc3conc3C3CCC3)ccc21. The van der Waals surface area contributed by atoms with Crippen LogP contribution in [-0.4, -0.2) is 22.7 Å². The maximum Gasteiger partial charge on any atom is 0.328 e. The summed E-state index contributed by atoms with van der Waals surface area (Å²) in [5.41, 5.74) is 2.67. The number of fused-ring (bicyclic) bond motifs is 1. The van der Waals surface area contributed by atoms with Crippen LogP contribution in [-0.2, 0) is 30.7 Å². The number of nitrogens with one attached hydrogen (secondary N) is 1. The molecule has 138 valence electrons. The molecule has 0 amide bonds. The molecule has 0 saturated heterocycles. The molecule has 3 aromatic rings. The highest BCUT2D eigenvalue weighted by Gasteiger charge is 2.26. The smallest absolute Gasteiger partial charge is 0.328 e. The van der Waals surface area contributed by atoms with Crippen LogP contribution in [0.2, 0.25) is 0 Å². The van der Waals surface area contributed by atoms with Crippen LogP contribution in [0.4, 0.5) is 0 Å². The largest absolute Gasteiger partial charge is 0.364 e. The van der Waals surface area contributed by atoms with Crippen LogP contribution < -0.4 is 10.4 Å². The summed E-state index contributed by atoms with van der Waals surface area (Å²) in [6.45, 7) is 0.128. The Balaban J connectivity index is 1.61. The molecule has 1 saturated carbocycles. The van der Waals surface area contributed by atoms with E-state index in [1.165, 1.54) is 34.0 Å². The molecule has 8 nitrogen and oxygen atoms in total. The van der Waals surface area contributed by atoms with E-state index in [4.69, 9.17) is 4.52 Å². The van der Waals surface area contributed by atoms with Gasteiger partial charge in [0.25, 0.3) is 0 Å². The van der Waals surface area contributed by atoms with Gasteiger partial charge in [0, 0.05) is 32.1 Å². The Morgan fingerprint density at radius 3 is 2.65 bits per heavy atom. The summed E-state index contributed by atoms with van der Waals surface area (Å²) in [6, 6.07) is 4.66. The fourth-order valence-electron chi connectivity index (χ4n) is 3.33. The van der Waals surface area contributed by atoms with Crippen LogP contribution in [0.5, 0.6) is 0 Å². The maximum atomic E-state index is 12.7. The van der Waals surface area contributed by atoms with Crippen molar-refractivity contribution in [1.82, 2.24) is 19.0 Å². The second kappa shape index (κ2) is 6.10. The first-order valence-corrected chi connectivity index (χ1v) is 9.95. The lowest BCUT2D eigenvalue weighted by atomic mass is 9.82. The third kappa shape index (κ3) is 2.67. The van der Waals surface area contributed by atoms with Crippen molar-refractivity contribution in [2.24, 2.45) is 14.1 Å². The Morgan fingerprint density at radius 2 is 1.96 bits per heavy atom. The Bertz CT molecular complexity index is 1140. The van der Waals surface area contributed by atoms with Crippen molar-refractivity contribution in [3.63, 3.8) is 0 Å². The lowest BCUT2D eigenvalue weighted by Gasteiger charge is -2.23. The monoisotopic (exact) mass is 376 g/mol. The summed E-state index contributed by atoms with van der Waals surface area (Å²) < 4.78 is 35.9. The molecule has 0 bridgehead atoms. The molecule has 26 heavy (non-hydrogen) atoms. The molecule has 1 N–H and O–H groups in total. The fourth-order valence-corrected chi connectivity index (χ4v) is 4.35. The van der Waals surface area contributed by atoms with Crippen LogP contribution in [0, 0.1) is 0 Å². The second-order valence-electron chi connectivity index (χ2n) is 6.73. The number of sulfonamides is 1. The molecule has 0 radical (unpaired) electrons. The van der Waals surface area contributed by atoms with Gasteiger partial charge < -0.3 is 4.52 Å². The molecule has 2 aromatic heterocycles. The quantitative estimate of drug-likeness (QED) is 0.729. The third-order valence-electron chi connectivity index (χ3n) is 5.17. The molecular formula is C17H20N4O4S. The minimum Gasteiger partial charge on any atom is -0.364 e. The number of aryl methyl sites for hydroxylation is 2. The zero-order chi connectivity index (χ0) is 18.5. The van der Waals surface area contributed by atoms with Gasteiger partial charge in [-0.15, -0.1) is 0 Å². The first kappa shape index (κ1) is 17.0. The molecule has 0 atom stereocenters. The van der Waals surface area contributed by atoms with E-state index in [9.17, 15) is 13.2 Å². The van der Waals surface area contributed by atoms with E-state index in [0.29, 0.717) is 17.0 Å². The van der Waals surface area contributed by atoms with Crippen LogP contribution in [0.3, 0.4) is 0 Å². The van der Waals surface area contributed by atoms with Gasteiger partial charge in [-0.3, -0.25) is 9.13 Å². The number of nitrogens with zero attached hydrogens (tertiary/aromatic N) is 3. The second-order valence-corrected chi connectivity index (χ2v) is 8.50. The first-order chi connectivity index (χ1) is 12.4. The minimum atomic E-state index is -3.72. The van der Waals surface area contributed by atoms with Gasteiger partial charge in [0.1, 0.15) is 6.26 Å². The van der Waals surface area contributed by atoms with Gasteiger partial charge in [0.05, 0.1) is 21.6 Å². The highest BCUT2D eigenvalue weighted by atomic mass is 32.2. The molecule has 0 spiro atoms. The van der Waals surface area contributed by atoms with Gasteiger partial charge in [0.2, 0.25) is 10.0 Å². The van der Waals surface area contributed by atoms with E-state index < -0.39 is 10.0 Å². The molecule has 4 rings (SSSR count). The van der Waals surface area contributed by atoms with E-state index in [0.717, 1.165) is 24.1 Å². The van der Waals surface area contributed by atoms with Crippen molar-refractivity contribution in [1.29, 1.82) is 0 Å². The standard InChI is InChI=1S/C17H20N4O4S/c1-20-14-7-6-13(8-15(14)21(2)17(20)22)26(23,24)18-9-12-10-25-19-16(12)11-4-3-5-11/h6-8,10-11,18H,3-5,9H2,1-2H3. The number of imidazole rings is 1. The van der Waals surface area contributed by atoms with Gasteiger partial charge in [-0.05, 0) is 31.0 Å². The number of rotatable bonds is 5. The molecular weight excluding hydrogens is 356 g/mol. The zero-order valence-corrected chi connectivity index (χ0v) is 15.4. The fraction of sp³-hybridized carbons (Fsp3) is 0.412. The normalized spacial score (nSPS) is 15.5. The predicted molar refractivity (Wildman–Crippen MR) is 95.3 cm³/mol. The van der Waals surface area contributed by atoms with E-state index in [1.54, 1.807) is 20.2 Å². The van der Waals surface area contributed by atoms with Crippen LogP contribution in [0.1, 0.15) is 36.4 Å². The number of hydrogen-bond acceptors (Lipinski definition) is 5. The summed E-state index contributed by atoms with van der Waals surface area (Å²) >= 11 is 0. The lowest BCUT2D eigenvalue weighted by Crippen LogP contribution is -2.24. The van der Waals surface area contributed by atoms with E-state index in [2.05, 4.69) is 9.88 Å². The average molecular weight is 376 g/mol. The average Bonchev–Trinajstić information content (AvgIpc) is 3.11. The van der Waals surface area contributed by atoms with Crippen molar-refractivity contribution in [2.75, 3.05) is 0 Å². The van der Waals surface area contributed by atoms with Gasteiger partial charge >= 0.3 is 5.69 Å². The Morgan fingerprint density at radius 1 is 1.23 bits per heavy atom. The number of aromatic nitrogens is 3. The predicted octanol–water partition coefficient (Wildman–Crippen LogP) is 1.61. The summed E-state index contributed by atoms with van der Waals surface area (Å²) in [7, 11) is -0.444. The Labute approximate surface area is 150 Å². The number of benzene rings is 1. The third-order valence-corrected chi connectivity index (χ3v) is 6.57. The van der Waals surface area contributed by atoms with E-state index >= 15 is 0 Å².